The Balaban J connectivity index is 2.60. The maximum Gasteiger partial charge on any atom is 0.248 e. The fourth-order valence-corrected chi connectivity index (χ4v) is 3.88. The van der Waals surface area contributed by atoms with Crippen molar-refractivity contribution in [3.63, 3.8) is 0 Å². The Hall–Kier alpha value is -3.37. The number of nitrogens with two attached hydrogens (primary N) is 1. The maximum atomic E-state index is 11.6. The second-order valence-corrected chi connectivity index (χ2v) is 8.18. The van der Waals surface area contributed by atoms with E-state index in [2.05, 4.69) is 21.1 Å². The molecule has 0 aliphatic heterocycles. The molecule has 0 radical (unpaired) electrons. The number of thiocarbonyl (C=S) groups is 2. The van der Waals surface area contributed by atoms with E-state index in [1.807, 2.05) is 67.8 Å². The van der Waals surface area contributed by atoms with Gasteiger partial charge in [-0.1, -0.05) is 42.5 Å². The second kappa shape index (κ2) is 14.1. The van der Waals surface area contributed by atoms with Crippen LogP contribution in [0.1, 0.15) is 49.2 Å². The average molecular weight is 512 g/mol. The molecule has 0 heterocycles. The van der Waals surface area contributed by atoms with Crippen molar-refractivity contribution < 1.29 is 4.79 Å². The van der Waals surface area contributed by atoms with Crippen LogP contribution >= 0.6 is 24.4 Å². The van der Waals surface area contributed by atoms with Crippen LogP contribution in [0.5, 0.6) is 0 Å². The first-order chi connectivity index (χ1) is 16.9. The molecule has 0 saturated heterocycles. The van der Waals surface area contributed by atoms with Crippen molar-refractivity contribution in [3.05, 3.63) is 71.3 Å². The van der Waals surface area contributed by atoms with E-state index in [0.717, 1.165) is 37.3 Å². The normalized spacial score (nSPS) is 11.5. The number of hydrogen-bond acceptors (Lipinski definition) is 5. The Morgan fingerprint density at radius 3 is 1.46 bits per heavy atom. The Morgan fingerprint density at radius 2 is 1.09 bits per heavy atom. The van der Waals surface area contributed by atoms with E-state index in [1.54, 1.807) is 24.3 Å². The second-order valence-electron chi connectivity index (χ2n) is 7.41. The zero-order valence-electron chi connectivity index (χ0n) is 20.6. The van der Waals surface area contributed by atoms with Gasteiger partial charge in [0.15, 0.2) is 10.2 Å². The molecule has 0 bridgehead atoms. The number of carbonyl (C=O) groups excluding carboxylic acids is 1. The molecule has 1 amide bonds. The lowest BCUT2D eigenvalue weighted by Gasteiger charge is -2.22. The largest absolute Gasteiger partial charge is 0.366 e. The van der Waals surface area contributed by atoms with Gasteiger partial charge >= 0.3 is 0 Å². The Kier molecular flexibility index (Phi) is 11.2. The zero-order chi connectivity index (χ0) is 25.8. The highest BCUT2D eigenvalue weighted by atomic mass is 32.1. The predicted molar refractivity (Wildman–Crippen MR) is 152 cm³/mol. The number of carbonyl (C=O) groups is 1. The average Bonchev–Trinajstić information content (AvgIpc) is 2.88. The molecule has 0 aliphatic rings. The summed E-state index contributed by atoms with van der Waals surface area (Å²) in [7, 11) is 0. The Morgan fingerprint density at radius 1 is 0.714 bits per heavy atom. The van der Waals surface area contributed by atoms with Gasteiger partial charge in [-0.2, -0.15) is 10.2 Å². The number of hydrogen-bond donors (Lipinski definition) is 3. The summed E-state index contributed by atoms with van der Waals surface area (Å²) in [6, 6.07) is 16.5. The van der Waals surface area contributed by atoms with E-state index in [0.29, 0.717) is 27.2 Å². The number of amides is 1. The number of nitrogens with one attached hydrogen (secondary N) is 2. The Bertz CT molecular complexity index is 1060. The van der Waals surface area contributed by atoms with Gasteiger partial charge in [0.05, 0.1) is 0 Å². The summed E-state index contributed by atoms with van der Waals surface area (Å²) in [5, 5.41) is 10.4. The van der Waals surface area contributed by atoms with Crippen molar-refractivity contribution in [2.75, 3.05) is 26.2 Å². The molecule has 0 atom stereocenters. The highest BCUT2D eigenvalue weighted by Gasteiger charge is 2.17. The van der Waals surface area contributed by atoms with Crippen LogP contribution in [0.15, 0.2) is 64.8 Å². The lowest BCUT2D eigenvalue weighted by molar-refractivity contribution is 0.100. The molecule has 0 aromatic heterocycles. The minimum atomic E-state index is -0.501. The van der Waals surface area contributed by atoms with Crippen LogP contribution in [-0.4, -0.2) is 63.5 Å². The monoisotopic (exact) mass is 511 g/mol. The lowest BCUT2D eigenvalue weighted by Crippen LogP contribution is -2.39. The third-order valence-electron chi connectivity index (χ3n) is 5.34. The van der Waals surface area contributed by atoms with Gasteiger partial charge in [0, 0.05) is 42.9 Å². The van der Waals surface area contributed by atoms with Crippen molar-refractivity contribution in [3.8, 4) is 0 Å². The third kappa shape index (κ3) is 7.83. The molecule has 2 rings (SSSR count). The van der Waals surface area contributed by atoms with E-state index in [9.17, 15) is 4.79 Å². The first kappa shape index (κ1) is 27.9. The van der Waals surface area contributed by atoms with Crippen molar-refractivity contribution in [1.82, 2.24) is 20.7 Å². The molecule has 4 N–H and O–H groups in total. The summed E-state index contributed by atoms with van der Waals surface area (Å²) in [5.41, 5.74) is 14.5. The van der Waals surface area contributed by atoms with Gasteiger partial charge in [0.2, 0.25) is 5.91 Å². The molecule has 0 saturated carbocycles. The van der Waals surface area contributed by atoms with Gasteiger partial charge in [-0.3, -0.25) is 15.6 Å². The van der Waals surface area contributed by atoms with Gasteiger partial charge in [-0.25, -0.2) is 0 Å². The third-order valence-corrected chi connectivity index (χ3v) is 6.04. The van der Waals surface area contributed by atoms with Crippen LogP contribution in [-0.2, 0) is 0 Å². The molecule has 10 heteroatoms. The molecule has 0 unspecified atom stereocenters. The van der Waals surface area contributed by atoms with Crippen LogP contribution in [0.25, 0.3) is 0 Å². The van der Waals surface area contributed by atoms with Gasteiger partial charge in [-0.15, -0.1) is 0 Å². The van der Waals surface area contributed by atoms with Gasteiger partial charge in [-0.05, 0) is 64.3 Å². The molecule has 0 aliphatic carbocycles. The van der Waals surface area contributed by atoms with E-state index in [1.165, 1.54) is 0 Å². The summed E-state index contributed by atoms with van der Waals surface area (Å²) < 4.78 is 0. The smallest absolute Gasteiger partial charge is 0.248 e. The Labute approximate surface area is 218 Å². The standard InChI is InChI=1S/C25H33N7OS2/c1-5-31(6-2)24(34)29-27-21(18-12-10-9-11-13-18)22(28-30-25(35)32(7-3)8-4)19-14-16-20(17-15-19)23(26)33/h9-17H,5-8H2,1-4H3,(H2,26,33)(H,29,34)(H,30,35). The van der Waals surface area contributed by atoms with Crippen molar-refractivity contribution in [2.45, 2.75) is 27.7 Å². The van der Waals surface area contributed by atoms with E-state index in [4.69, 9.17) is 30.2 Å². The fraction of sp³-hybridized carbons (Fsp3) is 0.320. The summed E-state index contributed by atoms with van der Waals surface area (Å²) in [4.78, 5) is 15.6. The highest BCUT2D eigenvalue weighted by Crippen LogP contribution is 2.12. The molecule has 2 aromatic carbocycles. The molecule has 8 nitrogen and oxygen atoms in total. The number of hydrazone groups is 2. The first-order valence-electron chi connectivity index (χ1n) is 11.6. The molecule has 2 aromatic rings. The molecule has 35 heavy (non-hydrogen) atoms. The van der Waals surface area contributed by atoms with Gasteiger partial charge < -0.3 is 15.5 Å². The molecule has 0 spiro atoms. The number of nitrogens with zero attached hydrogens (tertiary/aromatic N) is 4. The first-order valence-corrected chi connectivity index (χ1v) is 12.4. The SMILES string of the molecule is CCN(CC)C(=S)NN=C(C(=NNC(=S)N(CC)CC)c1ccc(C(N)=O)cc1)c1ccccc1. The number of primary amides is 1. The summed E-state index contributed by atoms with van der Waals surface area (Å²) in [6.45, 7) is 11.1. The van der Waals surface area contributed by atoms with Gasteiger partial charge in [0.25, 0.3) is 0 Å². The number of benzene rings is 2. The van der Waals surface area contributed by atoms with Crippen molar-refractivity contribution in [1.29, 1.82) is 0 Å². The molecule has 186 valence electrons. The van der Waals surface area contributed by atoms with Crippen LogP contribution in [0.2, 0.25) is 0 Å². The minimum Gasteiger partial charge on any atom is -0.366 e. The van der Waals surface area contributed by atoms with Crippen LogP contribution in [0.4, 0.5) is 0 Å². The van der Waals surface area contributed by atoms with Crippen molar-refractivity contribution in [2.24, 2.45) is 15.9 Å². The minimum absolute atomic E-state index is 0.402. The molecular formula is C25H33N7OS2. The van der Waals surface area contributed by atoms with Gasteiger partial charge in [0.1, 0.15) is 11.4 Å². The summed E-state index contributed by atoms with van der Waals surface area (Å²) in [6.07, 6.45) is 0. The highest BCUT2D eigenvalue weighted by molar-refractivity contribution is 7.80. The van der Waals surface area contributed by atoms with E-state index in [-0.39, 0.29) is 0 Å². The summed E-state index contributed by atoms with van der Waals surface area (Å²) in [5.74, 6) is -0.501. The van der Waals surface area contributed by atoms with E-state index < -0.39 is 5.91 Å². The zero-order valence-corrected chi connectivity index (χ0v) is 22.2. The predicted octanol–water partition coefficient (Wildman–Crippen LogP) is 3.33. The lowest BCUT2D eigenvalue weighted by atomic mass is 9.99. The number of rotatable bonds is 10. The molecular weight excluding hydrogens is 478 g/mol. The van der Waals surface area contributed by atoms with Crippen LogP contribution in [0, 0.1) is 0 Å². The maximum absolute atomic E-state index is 11.6. The topological polar surface area (TPSA) is 98.3 Å². The fourth-order valence-electron chi connectivity index (χ4n) is 3.27. The van der Waals surface area contributed by atoms with Crippen molar-refractivity contribution >= 4 is 52.0 Å². The van der Waals surface area contributed by atoms with Crippen LogP contribution < -0.4 is 16.6 Å². The molecule has 0 fully saturated rings. The quantitative estimate of drug-likeness (QED) is 0.256. The van der Waals surface area contributed by atoms with Crippen LogP contribution in [0.3, 0.4) is 0 Å². The summed E-state index contributed by atoms with van der Waals surface area (Å²) >= 11 is 11.1. The van der Waals surface area contributed by atoms with E-state index >= 15 is 0 Å².